The van der Waals surface area contributed by atoms with Crippen LogP contribution in [0, 0.1) is 0 Å². The summed E-state index contributed by atoms with van der Waals surface area (Å²) in [6.45, 7) is 0. The molecule has 6 rings (SSSR count). The average Bonchev–Trinajstić information content (AvgIpc) is 2.99. The van der Waals surface area contributed by atoms with Gasteiger partial charge in [-0.1, -0.05) is 60.7 Å². The quantitative estimate of drug-likeness (QED) is 0.307. The maximum absolute atomic E-state index is 14.4. The molecular weight excluding hydrogens is 508 g/mol. The van der Waals surface area contributed by atoms with Crippen molar-refractivity contribution in [2.45, 2.75) is 12.0 Å². The first-order chi connectivity index (χ1) is 19.1. The van der Waals surface area contributed by atoms with E-state index in [1.165, 1.54) is 11.3 Å². The Bertz CT molecular complexity index is 1730. The number of carbonyl (C=O) groups is 2. The minimum Gasteiger partial charge on any atom is -0.497 e. The van der Waals surface area contributed by atoms with Crippen LogP contribution in [0.25, 0.3) is 10.1 Å². The van der Waals surface area contributed by atoms with Gasteiger partial charge in [0.15, 0.2) is 5.43 Å². The minimum absolute atomic E-state index is 0.160. The Morgan fingerprint density at radius 1 is 0.821 bits per heavy atom. The lowest BCUT2D eigenvalue weighted by Crippen LogP contribution is -2.54. The number of hydrogen-bond acceptors (Lipinski definition) is 5. The molecule has 0 saturated carbocycles. The zero-order valence-corrected chi connectivity index (χ0v) is 21.9. The van der Waals surface area contributed by atoms with Gasteiger partial charge in [0.1, 0.15) is 16.8 Å². The summed E-state index contributed by atoms with van der Waals surface area (Å²) in [6, 6.07) is 31.7. The summed E-state index contributed by atoms with van der Waals surface area (Å²) in [4.78, 5) is 43.6. The number of hydrogen-bond donors (Lipinski definition) is 1. The fourth-order valence-corrected chi connectivity index (χ4v) is 6.33. The maximum atomic E-state index is 14.4. The van der Waals surface area contributed by atoms with Crippen molar-refractivity contribution in [3.63, 3.8) is 0 Å². The number of fused-ring (bicyclic) bond motifs is 2. The summed E-state index contributed by atoms with van der Waals surface area (Å²) in [6.07, 6.45) is 0. The molecule has 6 nitrogen and oxygen atoms in total. The first-order valence-electron chi connectivity index (χ1n) is 12.5. The molecule has 0 aliphatic carbocycles. The van der Waals surface area contributed by atoms with Gasteiger partial charge in [-0.2, -0.15) is 0 Å². The van der Waals surface area contributed by atoms with Crippen molar-refractivity contribution in [1.29, 1.82) is 0 Å². The monoisotopic (exact) mass is 532 g/mol. The third-order valence-electron chi connectivity index (χ3n) is 6.96. The standard InChI is InChI=1S/C32H24N2O4S/c1-38-23-18-16-20(17-19-23)26-27-29(35)24-14-8-9-15-25(24)39-32(27)34(22-12-6-3-7-13-22)31(37)28(26)33-30(36)21-10-4-2-5-11-21/h2-19,26,28H,1H3,(H,33,36)/t26-,28-/m1/s1. The van der Waals surface area contributed by atoms with Crippen LogP contribution in [0.5, 0.6) is 5.75 Å². The smallest absolute Gasteiger partial charge is 0.255 e. The lowest BCUT2D eigenvalue weighted by molar-refractivity contribution is -0.120. The molecule has 1 N–H and O–H groups in total. The van der Waals surface area contributed by atoms with Crippen molar-refractivity contribution >= 4 is 43.9 Å². The SMILES string of the molecule is COc1ccc([C@@H]2c3c(sc4ccccc4c3=O)N(c3ccccc3)C(=O)[C@@H]2NC(=O)c2ccccc2)cc1. The first kappa shape index (κ1) is 24.6. The zero-order chi connectivity index (χ0) is 26.9. The largest absolute Gasteiger partial charge is 0.497 e. The summed E-state index contributed by atoms with van der Waals surface area (Å²) in [5, 5.41) is 4.12. The molecule has 0 bridgehead atoms. The molecule has 192 valence electrons. The molecular formula is C32H24N2O4S. The second-order valence-electron chi connectivity index (χ2n) is 9.22. The lowest BCUT2D eigenvalue weighted by Gasteiger charge is -2.39. The number of anilines is 2. The van der Waals surface area contributed by atoms with Gasteiger partial charge in [0.25, 0.3) is 11.8 Å². The minimum atomic E-state index is -1.03. The van der Waals surface area contributed by atoms with Crippen molar-refractivity contribution < 1.29 is 14.3 Å². The topological polar surface area (TPSA) is 75.7 Å². The van der Waals surface area contributed by atoms with E-state index in [2.05, 4.69) is 5.32 Å². The van der Waals surface area contributed by atoms with Gasteiger partial charge in [0, 0.05) is 32.8 Å². The number of rotatable bonds is 5. The van der Waals surface area contributed by atoms with Gasteiger partial charge in [-0.3, -0.25) is 19.3 Å². The number of methoxy groups -OCH3 is 1. The third-order valence-corrected chi connectivity index (χ3v) is 8.13. The first-order valence-corrected chi connectivity index (χ1v) is 13.3. The van der Waals surface area contributed by atoms with Crippen LogP contribution in [0.15, 0.2) is 114 Å². The van der Waals surface area contributed by atoms with Crippen LogP contribution in [-0.4, -0.2) is 25.0 Å². The third kappa shape index (κ3) is 4.36. The van der Waals surface area contributed by atoms with Gasteiger partial charge in [-0.25, -0.2) is 0 Å². The molecule has 0 radical (unpaired) electrons. The molecule has 2 amide bonds. The van der Waals surface area contributed by atoms with Crippen LogP contribution >= 0.6 is 11.3 Å². The van der Waals surface area contributed by atoms with E-state index in [1.54, 1.807) is 54.5 Å². The molecule has 2 atom stereocenters. The predicted octanol–water partition coefficient (Wildman–Crippen LogP) is 5.88. The summed E-state index contributed by atoms with van der Waals surface area (Å²) in [5.74, 6) is -0.759. The normalized spacial score (nSPS) is 16.5. The number of benzene rings is 4. The van der Waals surface area contributed by atoms with Gasteiger partial charge in [0.05, 0.1) is 7.11 Å². The molecule has 0 spiro atoms. The van der Waals surface area contributed by atoms with Crippen molar-refractivity contribution in [1.82, 2.24) is 5.32 Å². The Labute approximate surface area is 229 Å². The van der Waals surface area contributed by atoms with Gasteiger partial charge >= 0.3 is 0 Å². The van der Waals surface area contributed by atoms with Crippen molar-refractivity contribution in [3.8, 4) is 5.75 Å². The molecule has 0 fully saturated rings. The van der Waals surface area contributed by atoms with Crippen LogP contribution in [0.3, 0.4) is 0 Å². The average molecular weight is 533 g/mol. The molecule has 4 aromatic carbocycles. The number of nitrogens with zero attached hydrogens (tertiary/aromatic N) is 1. The Kier molecular flexibility index (Phi) is 6.42. The second kappa shape index (κ2) is 10.2. The second-order valence-corrected chi connectivity index (χ2v) is 10.3. The predicted molar refractivity (Wildman–Crippen MR) is 154 cm³/mol. The van der Waals surface area contributed by atoms with E-state index in [1.807, 2.05) is 66.7 Å². The number of carbonyl (C=O) groups excluding carboxylic acids is 2. The van der Waals surface area contributed by atoms with E-state index < -0.39 is 12.0 Å². The molecule has 0 saturated heterocycles. The molecule has 1 aromatic heterocycles. The molecule has 39 heavy (non-hydrogen) atoms. The van der Waals surface area contributed by atoms with Gasteiger partial charge in [0.2, 0.25) is 0 Å². The number of ether oxygens (including phenoxy) is 1. The molecule has 1 aliphatic heterocycles. The van der Waals surface area contributed by atoms with E-state index in [0.29, 0.717) is 33.0 Å². The van der Waals surface area contributed by atoms with Gasteiger partial charge in [-0.15, -0.1) is 11.3 Å². The Morgan fingerprint density at radius 2 is 1.46 bits per heavy atom. The van der Waals surface area contributed by atoms with Gasteiger partial charge < -0.3 is 10.1 Å². The maximum Gasteiger partial charge on any atom is 0.255 e. The summed E-state index contributed by atoms with van der Waals surface area (Å²) in [7, 11) is 1.58. The van der Waals surface area contributed by atoms with Gasteiger partial charge in [-0.05, 0) is 54.1 Å². The van der Waals surface area contributed by atoms with Crippen LogP contribution in [-0.2, 0) is 4.79 Å². The van der Waals surface area contributed by atoms with E-state index in [-0.39, 0.29) is 17.2 Å². The lowest BCUT2D eigenvalue weighted by atomic mass is 9.81. The fraction of sp³-hybridized carbons (Fsp3) is 0.0938. The highest BCUT2D eigenvalue weighted by molar-refractivity contribution is 7.22. The van der Waals surface area contributed by atoms with Crippen LogP contribution in [0.1, 0.15) is 27.4 Å². The van der Waals surface area contributed by atoms with E-state index in [9.17, 15) is 14.4 Å². The van der Waals surface area contributed by atoms with Crippen molar-refractivity contribution in [3.05, 3.63) is 136 Å². The highest BCUT2D eigenvalue weighted by Gasteiger charge is 2.45. The summed E-state index contributed by atoms with van der Waals surface area (Å²) >= 11 is 1.40. The number of para-hydroxylation sites is 1. The molecule has 0 unspecified atom stereocenters. The molecule has 1 aliphatic rings. The van der Waals surface area contributed by atoms with Crippen molar-refractivity contribution in [2.75, 3.05) is 12.0 Å². The zero-order valence-electron chi connectivity index (χ0n) is 21.0. The summed E-state index contributed by atoms with van der Waals surface area (Å²) in [5.41, 5.74) is 2.11. The highest BCUT2D eigenvalue weighted by atomic mass is 32.1. The van der Waals surface area contributed by atoms with E-state index in [4.69, 9.17) is 4.74 Å². The Hall–Kier alpha value is -4.75. The Balaban J connectivity index is 1.62. The van der Waals surface area contributed by atoms with Crippen molar-refractivity contribution in [2.24, 2.45) is 0 Å². The number of nitrogens with one attached hydrogen (secondary N) is 1. The molecule has 2 heterocycles. The highest BCUT2D eigenvalue weighted by Crippen LogP contribution is 2.46. The molecule has 5 aromatic rings. The molecule has 7 heteroatoms. The fourth-order valence-electron chi connectivity index (χ4n) is 5.08. The van der Waals surface area contributed by atoms with Crippen LogP contribution in [0.4, 0.5) is 10.7 Å². The van der Waals surface area contributed by atoms with Crippen LogP contribution < -0.4 is 20.4 Å². The number of amides is 2. The summed E-state index contributed by atoms with van der Waals surface area (Å²) < 4.78 is 6.14. The Morgan fingerprint density at radius 3 is 2.15 bits per heavy atom. The van der Waals surface area contributed by atoms with E-state index >= 15 is 0 Å². The van der Waals surface area contributed by atoms with E-state index in [0.717, 1.165) is 10.3 Å². The van der Waals surface area contributed by atoms with Crippen LogP contribution in [0.2, 0.25) is 0 Å².